The molecule has 0 aliphatic heterocycles. The average Bonchev–Trinajstić information content (AvgIpc) is 3.06. The van der Waals surface area contributed by atoms with Gasteiger partial charge < -0.3 is 5.32 Å². The Kier molecular flexibility index (Phi) is 3.80. The quantitative estimate of drug-likeness (QED) is 0.786. The third-order valence-corrected chi connectivity index (χ3v) is 4.26. The van der Waals surface area contributed by atoms with Crippen molar-refractivity contribution in [3.63, 3.8) is 0 Å². The number of para-hydroxylation sites is 1. The maximum Gasteiger partial charge on any atom is 0.115 e. The molecule has 0 radical (unpaired) electrons. The van der Waals surface area contributed by atoms with E-state index in [1.807, 2.05) is 29.6 Å². The number of aromatic nitrogens is 2. The second-order valence-electron chi connectivity index (χ2n) is 4.65. The van der Waals surface area contributed by atoms with Gasteiger partial charge in [-0.15, -0.1) is 11.3 Å². The highest BCUT2D eigenvalue weighted by molar-refractivity contribution is 7.09. The van der Waals surface area contributed by atoms with E-state index in [-0.39, 0.29) is 6.04 Å². The highest BCUT2D eigenvalue weighted by atomic mass is 32.1. The zero-order chi connectivity index (χ0) is 14.7. The summed E-state index contributed by atoms with van der Waals surface area (Å²) in [6.07, 6.45) is 4.33. The second-order valence-corrected chi connectivity index (χ2v) is 5.58. The molecule has 1 unspecified atom stereocenters. The SMILES string of the molecule is CCC(Nc1c(C#N)cnc2ccccc12)c1nccs1. The van der Waals surface area contributed by atoms with Crippen LogP contribution >= 0.6 is 11.3 Å². The zero-order valence-electron chi connectivity index (χ0n) is 11.6. The summed E-state index contributed by atoms with van der Waals surface area (Å²) in [4.78, 5) is 8.71. The number of benzene rings is 1. The van der Waals surface area contributed by atoms with Gasteiger partial charge in [0.2, 0.25) is 0 Å². The number of nitriles is 1. The Morgan fingerprint density at radius 1 is 1.33 bits per heavy atom. The van der Waals surface area contributed by atoms with E-state index < -0.39 is 0 Å². The third kappa shape index (κ3) is 2.58. The number of thiazole rings is 1. The lowest BCUT2D eigenvalue weighted by Crippen LogP contribution is -2.11. The Morgan fingerprint density at radius 2 is 2.19 bits per heavy atom. The lowest BCUT2D eigenvalue weighted by Gasteiger charge is -2.18. The Hall–Kier alpha value is -2.45. The lowest BCUT2D eigenvalue weighted by molar-refractivity contribution is 0.743. The van der Waals surface area contributed by atoms with Gasteiger partial charge in [0, 0.05) is 23.2 Å². The molecule has 0 fully saturated rings. The standard InChI is InChI=1S/C16H14N4S/c1-2-13(16-18-7-8-21-16)20-15-11(9-17)10-19-14-6-4-3-5-12(14)15/h3-8,10,13H,2H2,1H3,(H,19,20). The van der Waals surface area contributed by atoms with Crippen molar-refractivity contribution in [2.24, 2.45) is 0 Å². The molecule has 21 heavy (non-hydrogen) atoms. The maximum absolute atomic E-state index is 9.35. The van der Waals surface area contributed by atoms with E-state index in [1.54, 1.807) is 23.7 Å². The van der Waals surface area contributed by atoms with Gasteiger partial charge in [-0.25, -0.2) is 4.98 Å². The van der Waals surface area contributed by atoms with Crippen LogP contribution in [0.1, 0.15) is 30.0 Å². The van der Waals surface area contributed by atoms with Gasteiger partial charge in [-0.2, -0.15) is 5.26 Å². The van der Waals surface area contributed by atoms with Crippen LogP contribution in [0, 0.1) is 11.3 Å². The minimum Gasteiger partial charge on any atom is -0.374 e. The van der Waals surface area contributed by atoms with Crippen LogP contribution in [0.4, 0.5) is 5.69 Å². The predicted octanol–water partition coefficient (Wildman–Crippen LogP) is 4.13. The highest BCUT2D eigenvalue weighted by Gasteiger charge is 2.16. The highest BCUT2D eigenvalue weighted by Crippen LogP contribution is 2.31. The normalized spacial score (nSPS) is 12.0. The summed E-state index contributed by atoms with van der Waals surface area (Å²) < 4.78 is 0. The molecule has 1 aromatic carbocycles. The Labute approximate surface area is 127 Å². The van der Waals surface area contributed by atoms with Crippen molar-refractivity contribution in [3.05, 3.63) is 52.6 Å². The lowest BCUT2D eigenvalue weighted by atomic mass is 10.1. The Morgan fingerprint density at radius 3 is 2.90 bits per heavy atom. The van der Waals surface area contributed by atoms with Crippen LogP contribution < -0.4 is 5.32 Å². The first kappa shape index (κ1) is 13.5. The van der Waals surface area contributed by atoms with E-state index in [4.69, 9.17) is 0 Å². The fourth-order valence-corrected chi connectivity index (χ4v) is 3.07. The molecule has 0 aliphatic carbocycles. The van der Waals surface area contributed by atoms with Crippen LogP contribution in [0.25, 0.3) is 10.9 Å². The largest absolute Gasteiger partial charge is 0.374 e. The molecule has 3 aromatic rings. The van der Waals surface area contributed by atoms with Gasteiger partial charge in [0.05, 0.1) is 22.8 Å². The summed E-state index contributed by atoms with van der Waals surface area (Å²) in [6.45, 7) is 2.11. The zero-order valence-corrected chi connectivity index (χ0v) is 12.4. The van der Waals surface area contributed by atoms with E-state index in [1.165, 1.54) is 0 Å². The van der Waals surface area contributed by atoms with E-state index >= 15 is 0 Å². The molecular weight excluding hydrogens is 280 g/mol. The molecule has 1 atom stereocenters. The van der Waals surface area contributed by atoms with Crippen molar-refractivity contribution in [1.29, 1.82) is 5.26 Å². The first-order valence-corrected chi connectivity index (χ1v) is 7.65. The van der Waals surface area contributed by atoms with E-state index in [0.717, 1.165) is 28.0 Å². The fourth-order valence-electron chi connectivity index (χ4n) is 2.30. The molecule has 5 heteroatoms. The van der Waals surface area contributed by atoms with Crippen LogP contribution in [-0.2, 0) is 0 Å². The van der Waals surface area contributed by atoms with Crippen molar-refractivity contribution in [2.45, 2.75) is 19.4 Å². The molecule has 0 aliphatic rings. The number of fused-ring (bicyclic) bond motifs is 1. The number of pyridine rings is 1. The van der Waals surface area contributed by atoms with Crippen molar-refractivity contribution in [3.8, 4) is 6.07 Å². The molecular formula is C16H14N4S. The van der Waals surface area contributed by atoms with E-state index in [9.17, 15) is 5.26 Å². The minimum absolute atomic E-state index is 0.0999. The van der Waals surface area contributed by atoms with Gasteiger partial charge in [-0.05, 0) is 12.5 Å². The third-order valence-electron chi connectivity index (χ3n) is 3.37. The molecule has 0 bridgehead atoms. The minimum atomic E-state index is 0.0999. The topological polar surface area (TPSA) is 61.6 Å². The van der Waals surface area contributed by atoms with Crippen molar-refractivity contribution in [2.75, 3.05) is 5.32 Å². The van der Waals surface area contributed by atoms with Gasteiger partial charge in [-0.1, -0.05) is 25.1 Å². The average molecular weight is 294 g/mol. The molecule has 1 N–H and O–H groups in total. The van der Waals surface area contributed by atoms with Crippen LogP contribution in [0.5, 0.6) is 0 Å². The van der Waals surface area contributed by atoms with Gasteiger partial charge in [-0.3, -0.25) is 4.98 Å². The fraction of sp³-hybridized carbons (Fsp3) is 0.188. The Bertz CT molecular complexity index is 790. The van der Waals surface area contributed by atoms with E-state index in [2.05, 4.69) is 28.3 Å². The summed E-state index contributed by atoms with van der Waals surface area (Å²) in [6, 6.07) is 10.2. The van der Waals surface area contributed by atoms with Crippen molar-refractivity contribution >= 4 is 27.9 Å². The molecule has 104 valence electrons. The molecule has 0 saturated heterocycles. The van der Waals surface area contributed by atoms with Gasteiger partial charge in [0.15, 0.2) is 0 Å². The number of anilines is 1. The van der Waals surface area contributed by atoms with Crippen LogP contribution in [0.2, 0.25) is 0 Å². The maximum atomic E-state index is 9.35. The first-order valence-electron chi connectivity index (χ1n) is 6.77. The summed E-state index contributed by atoms with van der Waals surface area (Å²) in [5.41, 5.74) is 2.28. The van der Waals surface area contributed by atoms with Crippen molar-refractivity contribution in [1.82, 2.24) is 9.97 Å². The first-order chi connectivity index (χ1) is 10.3. The number of rotatable bonds is 4. The number of nitrogens with one attached hydrogen (secondary N) is 1. The van der Waals surface area contributed by atoms with Crippen LogP contribution in [0.15, 0.2) is 42.0 Å². The summed E-state index contributed by atoms with van der Waals surface area (Å²) >= 11 is 1.62. The predicted molar refractivity (Wildman–Crippen MR) is 85.2 cm³/mol. The monoisotopic (exact) mass is 294 g/mol. The number of hydrogen-bond donors (Lipinski definition) is 1. The molecule has 3 rings (SSSR count). The number of hydrogen-bond acceptors (Lipinski definition) is 5. The number of nitrogens with zero attached hydrogens (tertiary/aromatic N) is 3. The second kappa shape index (κ2) is 5.90. The van der Waals surface area contributed by atoms with E-state index in [0.29, 0.717) is 5.56 Å². The summed E-state index contributed by atoms with van der Waals surface area (Å²) in [5.74, 6) is 0. The molecule has 0 saturated carbocycles. The van der Waals surface area contributed by atoms with Crippen LogP contribution in [0.3, 0.4) is 0 Å². The molecule has 2 aromatic heterocycles. The van der Waals surface area contributed by atoms with Gasteiger partial charge in [0.1, 0.15) is 11.1 Å². The summed E-state index contributed by atoms with van der Waals surface area (Å²) in [5, 5.41) is 16.8. The molecule has 0 amide bonds. The smallest absolute Gasteiger partial charge is 0.115 e. The van der Waals surface area contributed by atoms with Crippen LogP contribution in [-0.4, -0.2) is 9.97 Å². The van der Waals surface area contributed by atoms with Gasteiger partial charge in [0.25, 0.3) is 0 Å². The molecule has 0 spiro atoms. The molecule has 4 nitrogen and oxygen atoms in total. The summed E-state index contributed by atoms with van der Waals surface area (Å²) in [7, 11) is 0. The van der Waals surface area contributed by atoms with Gasteiger partial charge >= 0.3 is 0 Å². The van der Waals surface area contributed by atoms with Crippen molar-refractivity contribution < 1.29 is 0 Å². The molecule has 2 heterocycles. The Balaban J connectivity index is 2.08.